The van der Waals surface area contributed by atoms with Crippen molar-refractivity contribution in [3.63, 3.8) is 0 Å². The molecule has 102 valence electrons. The van der Waals surface area contributed by atoms with Crippen LogP contribution in [0.4, 0.5) is 5.69 Å². The normalized spacial score (nSPS) is 14.7. The maximum atomic E-state index is 11.8. The molecule has 0 bridgehead atoms. The summed E-state index contributed by atoms with van der Waals surface area (Å²) in [6, 6.07) is 4.21. The van der Waals surface area contributed by atoms with E-state index in [-0.39, 0.29) is 11.8 Å². The number of rotatable bonds is 2. The standard InChI is InChI=1S/C15H20N2OS/c1-9-7-10(2)13(11(3)8-9)16-15(19)17-14(18)12-5-4-6-12/h7-8,12H,4-6H2,1-3H3,(H2,16,17,18,19). The predicted molar refractivity (Wildman–Crippen MR) is 82.4 cm³/mol. The van der Waals surface area contributed by atoms with Gasteiger partial charge in [0, 0.05) is 11.6 Å². The number of aryl methyl sites for hydroxylation is 3. The Kier molecular flexibility index (Phi) is 4.20. The zero-order valence-electron chi connectivity index (χ0n) is 11.7. The van der Waals surface area contributed by atoms with Gasteiger partial charge in [-0.2, -0.15) is 0 Å². The fourth-order valence-corrected chi connectivity index (χ4v) is 2.61. The molecule has 2 N–H and O–H groups in total. The van der Waals surface area contributed by atoms with Crippen LogP contribution in [0.25, 0.3) is 0 Å². The SMILES string of the molecule is Cc1cc(C)c(NC(=S)NC(=O)C2CCC2)c(C)c1. The van der Waals surface area contributed by atoms with E-state index in [1.54, 1.807) is 0 Å². The van der Waals surface area contributed by atoms with Crippen molar-refractivity contribution in [2.45, 2.75) is 40.0 Å². The van der Waals surface area contributed by atoms with Crippen molar-refractivity contribution in [2.75, 3.05) is 5.32 Å². The smallest absolute Gasteiger partial charge is 0.229 e. The van der Waals surface area contributed by atoms with Gasteiger partial charge in [0.2, 0.25) is 5.91 Å². The highest BCUT2D eigenvalue weighted by atomic mass is 32.1. The fraction of sp³-hybridized carbons (Fsp3) is 0.467. The van der Waals surface area contributed by atoms with Crippen LogP contribution in [0.3, 0.4) is 0 Å². The largest absolute Gasteiger partial charge is 0.332 e. The van der Waals surface area contributed by atoms with Gasteiger partial charge in [-0.05, 0) is 57.0 Å². The zero-order chi connectivity index (χ0) is 14.0. The summed E-state index contributed by atoms with van der Waals surface area (Å²) in [7, 11) is 0. The van der Waals surface area contributed by atoms with Crippen molar-refractivity contribution in [3.05, 3.63) is 28.8 Å². The first-order valence-corrected chi connectivity index (χ1v) is 7.08. The summed E-state index contributed by atoms with van der Waals surface area (Å²) in [6.07, 6.45) is 3.11. The highest BCUT2D eigenvalue weighted by molar-refractivity contribution is 7.80. The van der Waals surface area contributed by atoms with Crippen molar-refractivity contribution in [1.82, 2.24) is 5.32 Å². The van der Waals surface area contributed by atoms with Crippen LogP contribution in [-0.4, -0.2) is 11.0 Å². The molecule has 0 spiro atoms. The van der Waals surface area contributed by atoms with Crippen molar-refractivity contribution < 1.29 is 4.79 Å². The monoisotopic (exact) mass is 276 g/mol. The van der Waals surface area contributed by atoms with Crippen LogP contribution in [0.1, 0.15) is 36.0 Å². The number of anilines is 1. The van der Waals surface area contributed by atoms with E-state index < -0.39 is 0 Å². The molecule has 1 saturated carbocycles. The van der Waals surface area contributed by atoms with Gasteiger partial charge in [-0.15, -0.1) is 0 Å². The summed E-state index contributed by atoms with van der Waals surface area (Å²) in [4.78, 5) is 11.8. The van der Waals surface area contributed by atoms with E-state index in [0.29, 0.717) is 5.11 Å². The van der Waals surface area contributed by atoms with Crippen LogP contribution in [0, 0.1) is 26.7 Å². The molecular formula is C15H20N2OS. The van der Waals surface area contributed by atoms with Crippen molar-refractivity contribution in [3.8, 4) is 0 Å². The maximum absolute atomic E-state index is 11.8. The van der Waals surface area contributed by atoms with Gasteiger partial charge in [-0.1, -0.05) is 24.1 Å². The molecule has 0 radical (unpaired) electrons. The molecule has 1 aliphatic rings. The van der Waals surface area contributed by atoms with Gasteiger partial charge < -0.3 is 10.6 Å². The molecule has 1 amide bonds. The third-order valence-corrected chi connectivity index (χ3v) is 3.83. The second kappa shape index (κ2) is 5.70. The third-order valence-electron chi connectivity index (χ3n) is 3.63. The molecule has 3 nitrogen and oxygen atoms in total. The Balaban J connectivity index is 2.00. The Labute approximate surface area is 119 Å². The van der Waals surface area contributed by atoms with E-state index in [9.17, 15) is 4.79 Å². The number of hydrogen-bond acceptors (Lipinski definition) is 2. The Morgan fingerprint density at radius 1 is 1.21 bits per heavy atom. The molecule has 0 heterocycles. The molecule has 0 saturated heterocycles. The first kappa shape index (κ1) is 14.0. The van der Waals surface area contributed by atoms with E-state index in [4.69, 9.17) is 12.2 Å². The quantitative estimate of drug-likeness (QED) is 0.815. The van der Waals surface area contributed by atoms with Crippen LogP contribution < -0.4 is 10.6 Å². The lowest BCUT2D eigenvalue weighted by Crippen LogP contribution is -2.40. The lowest BCUT2D eigenvalue weighted by atomic mass is 9.85. The van der Waals surface area contributed by atoms with Crippen molar-refractivity contribution in [1.29, 1.82) is 0 Å². The minimum atomic E-state index is 0.0474. The summed E-state index contributed by atoms with van der Waals surface area (Å²) in [6.45, 7) is 6.15. The van der Waals surface area contributed by atoms with E-state index in [1.807, 2.05) is 13.8 Å². The number of amides is 1. The summed E-state index contributed by atoms with van der Waals surface area (Å²) in [5.41, 5.74) is 4.49. The molecule has 1 aromatic rings. The summed E-state index contributed by atoms with van der Waals surface area (Å²) >= 11 is 5.21. The Bertz CT molecular complexity index is 498. The van der Waals surface area contributed by atoms with Crippen LogP contribution in [0.5, 0.6) is 0 Å². The highest BCUT2D eigenvalue weighted by Gasteiger charge is 2.25. The van der Waals surface area contributed by atoms with Gasteiger partial charge in [0.25, 0.3) is 0 Å². The molecule has 19 heavy (non-hydrogen) atoms. The van der Waals surface area contributed by atoms with Crippen LogP contribution in [0.2, 0.25) is 0 Å². The molecule has 1 aromatic carbocycles. The first-order chi connectivity index (χ1) is 8.97. The van der Waals surface area contributed by atoms with Crippen LogP contribution in [-0.2, 0) is 4.79 Å². The summed E-state index contributed by atoms with van der Waals surface area (Å²) < 4.78 is 0. The number of thiocarbonyl (C=S) groups is 1. The van der Waals surface area contributed by atoms with E-state index in [1.165, 1.54) is 5.56 Å². The Morgan fingerprint density at radius 2 is 1.79 bits per heavy atom. The van der Waals surface area contributed by atoms with E-state index >= 15 is 0 Å². The van der Waals surface area contributed by atoms with Gasteiger partial charge in [-0.25, -0.2) is 0 Å². The zero-order valence-corrected chi connectivity index (χ0v) is 12.5. The van der Waals surface area contributed by atoms with Crippen LogP contribution in [0.15, 0.2) is 12.1 Å². The van der Waals surface area contributed by atoms with Crippen molar-refractivity contribution >= 4 is 28.9 Å². The van der Waals surface area contributed by atoms with Gasteiger partial charge >= 0.3 is 0 Å². The summed E-state index contributed by atoms with van der Waals surface area (Å²) in [5, 5.41) is 6.32. The minimum Gasteiger partial charge on any atom is -0.332 e. The highest BCUT2D eigenvalue weighted by Crippen LogP contribution is 2.26. The molecule has 4 heteroatoms. The Morgan fingerprint density at radius 3 is 2.26 bits per heavy atom. The van der Waals surface area contributed by atoms with Gasteiger partial charge in [-0.3, -0.25) is 4.79 Å². The van der Waals surface area contributed by atoms with Gasteiger partial charge in [0.1, 0.15) is 0 Å². The molecule has 0 aromatic heterocycles. The topological polar surface area (TPSA) is 41.1 Å². The van der Waals surface area contributed by atoms with Crippen molar-refractivity contribution in [2.24, 2.45) is 5.92 Å². The lowest BCUT2D eigenvalue weighted by Gasteiger charge is -2.24. The molecule has 0 aliphatic heterocycles. The molecular weight excluding hydrogens is 256 g/mol. The molecule has 1 aliphatic carbocycles. The van der Waals surface area contributed by atoms with E-state index in [2.05, 4.69) is 29.7 Å². The summed E-state index contributed by atoms with van der Waals surface area (Å²) in [5.74, 6) is 0.200. The van der Waals surface area contributed by atoms with Gasteiger partial charge in [0.05, 0.1) is 0 Å². The second-order valence-electron chi connectivity index (χ2n) is 5.34. The first-order valence-electron chi connectivity index (χ1n) is 6.67. The second-order valence-corrected chi connectivity index (χ2v) is 5.75. The fourth-order valence-electron chi connectivity index (χ4n) is 2.41. The molecule has 0 atom stereocenters. The molecule has 0 unspecified atom stereocenters. The average molecular weight is 276 g/mol. The average Bonchev–Trinajstić information content (AvgIpc) is 2.20. The maximum Gasteiger partial charge on any atom is 0.229 e. The minimum absolute atomic E-state index is 0.0474. The van der Waals surface area contributed by atoms with E-state index in [0.717, 1.165) is 36.1 Å². The number of nitrogens with one attached hydrogen (secondary N) is 2. The molecule has 2 rings (SSSR count). The Hall–Kier alpha value is -1.42. The van der Waals surface area contributed by atoms with Crippen LogP contribution >= 0.6 is 12.2 Å². The lowest BCUT2D eigenvalue weighted by molar-refractivity contribution is -0.125. The number of benzene rings is 1. The molecule has 1 fully saturated rings. The number of carbonyl (C=O) groups excluding carboxylic acids is 1. The number of hydrogen-bond donors (Lipinski definition) is 2. The van der Waals surface area contributed by atoms with Gasteiger partial charge in [0.15, 0.2) is 5.11 Å². The number of carbonyl (C=O) groups is 1. The predicted octanol–water partition coefficient (Wildman–Crippen LogP) is 3.22. The third kappa shape index (κ3) is 3.32.